The largest absolute Gasteiger partial charge is 0.390 e. The van der Waals surface area contributed by atoms with Gasteiger partial charge in [-0.05, 0) is 61.3 Å². The molecular weight excluding hydrogens is 466 g/mol. The fraction of sp³-hybridized carbons (Fsp3) is 0.448. The average molecular weight is 498 g/mol. The number of hydrogen-bond donors (Lipinski definition) is 1. The van der Waals surface area contributed by atoms with E-state index in [1.165, 1.54) is 0 Å². The molecule has 2 saturated carbocycles. The normalized spacial score (nSPS) is 22.4. The van der Waals surface area contributed by atoms with Crippen LogP contribution in [0.2, 0.25) is 0 Å². The maximum absolute atomic E-state index is 13.4. The van der Waals surface area contributed by atoms with Gasteiger partial charge in [-0.1, -0.05) is 30.3 Å². The summed E-state index contributed by atoms with van der Waals surface area (Å²) in [6, 6.07) is 14.3. The zero-order valence-electron chi connectivity index (χ0n) is 21.1. The molecule has 3 aromatic rings. The van der Waals surface area contributed by atoms with Crippen LogP contribution in [0.3, 0.4) is 0 Å². The summed E-state index contributed by atoms with van der Waals surface area (Å²) < 4.78 is 1.72. The van der Waals surface area contributed by atoms with E-state index in [0.717, 1.165) is 84.3 Å². The number of nitrogens with zero attached hydrogens (tertiary/aromatic N) is 5. The molecule has 0 unspecified atom stereocenters. The minimum Gasteiger partial charge on any atom is -0.390 e. The summed E-state index contributed by atoms with van der Waals surface area (Å²) in [5.41, 5.74) is 4.15. The van der Waals surface area contributed by atoms with Crippen molar-refractivity contribution in [3.8, 4) is 11.1 Å². The number of rotatable bonds is 6. The van der Waals surface area contributed by atoms with Crippen LogP contribution in [0.5, 0.6) is 0 Å². The fourth-order valence-corrected chi connectivity index (χ4v) is 5.95. The van der Waals surface area contributed by atoms with Crippen molar-refractivity contribution in [2.24, 2.45) is 23.9 Å². The number of aliphatic imine (C=N–C) groups is 1. The first-order valence-electron chi connectivity index (χ1n) is 13.3. The van der Waals surface area contributed by atoms with Gasteiger partial charge in [0.1, 0.15) is 11.4 Å². The van der Waals surface area contributed by atoms with Gasteiger partial charge in [0.25, 0.3) is 5.91 Å². The highest BCUT2D eigenvalue weighted by Crippen LogP contribution is 2.46. The number of hydrogen-bond acceptors (Lipinski definition) is 5. The molecule has 2 aliphatic heterocycles. The third-order valence-electron chi connectivity index (χ3n) is 8.49. The van der Waals surface area contributed by atoms with Gasteiger partial charge in [-0.25, -0.2) is 0 Å². The van der Waals surface area contributed by atoms with Crippen molar-refractivity contribution in [1.82, 2.24) is 19.6 Å². The minimum atomic E-state index is -0.553. The zero-order chi connectivity index (χ0) is 25.3. The van der Waals surface area contributed by atoms with Gasteiger partial charge >= 0.3 is 0 Å². The molecule has 4 aliphatic rings. The molecule has 1 atom stereocenters. The Labute approximate surface area is 215 Å². The lowest BCUT2D eigenvalue weighted by Crippen LogP contribution is -2.40. The van der Waals surface area contributed by atoms with E-state index >= 15 is 0 Å². The van der Waals surface area contributed by atoms with Gasteiger partial charge in [-0.15, -0.1) is 0 Å². The van der Waals surface area contributed by atoms with E-state index in [1.54, 1.807) is 4.68 Å². The van der Waals surface area contributed by atoms with E-state index in [1.807, 2.05) is 41.1 Å². The van der Waals surface area contributed by atoms with E-state index in [9.17, 15) is 14.7 Å². The summed E-state index contributed by atoms with van der Waals surface area (Å²) in [5.74, 6) is 1.72. The summed E-state index contributed by atoms with van der Waals surface area (Å²) in [4.78, 5) is 34.7. The van der Waals surface area contributed by atoms with Crippen molar-refractivity contribution in [2.75, 3.05) is 19.6 Å². The Bertz CT molecular complexity index is 1450. The van der Waals surface area contributed by atoms with Crippen LogP contribution in [0.15, 0.2) is 47.5 Å². The van der Waals surface area contributed by atoms with Gasteiger partial charge in [0.2, 0.25) is 5.91 Å². The zero-order valence-corrected chi connectivity index (χ0v) is 21.1. The van der Waals surface area contributed by atoms with Crippen LogP contribution in [0.4, 0.5) is 0 Å². The van der Waals surface area contributed by atoms with Gasteiger partial charge in [-0.2, -0.15) is 5.10 Å². The number of carbonyl (C=O) groups is 2. The molecule has 8 heteroatoms. The smallest absolute Gasteiger partial charge is 0.256 e. The molecule has 1 N–H and O–H groups in total. The van der Waals surface area contributed by atoms with Crippen molar-refractivity contribution in [3.63, 3.8) is 0 Å². The highest BCUT2D eigenvalue weighted by atomic mass is 16.3. The number of benzene rings is 2. The molecule has 2 aliphatic carbocycles. The Hall–Kier alpha value is -3.52. The number of fused-ring (bicyclic) bond motifs is 1. The van der Waals surface area contributed by atoms with Gasteiger partial charge in [0.05, 0.1) is 17.8 Å². The molecule has 0 radical (unpaired) electrons. The SMILES string of the molecule is Cn1nc2ccc(-c3ccc(C4=NC5(CC5)C(=O)N4C[C@@H]4CCN(C(=O)C5CC5)C4)cc3)cc2c1CO. The molecule has 7 rings (SSSR count). The maximum Gasteiger partial charge on any atom is 0.256 e. The molecule has 2 amide bonds. The Kier molecular flexibility index (Phi) is 5.05. The number of amidine groups is 1. The lowest BCUT2D eigenvalue weighted by atomic mass is 10.0. The minimum absolute atomic E-state index is 0.0612. The number of amides is 2. The number of aliphatic hydroxyl groups is 1. The average Bonchev–Trinajstić information content (AvgIpc) is 3.81. The van der Waals surface area contributed by atoms with E-state index in [4.69, 9.17) is 4.99 Å². The number of aliphatic hydroxyl groups excluding tert-OH is 1. The first-order chi connectivity index (χ1) is 18.0. The molecule has 8 nitrogen and oxygen atoms in total. The van der Waals surface area contributed by atoms with Crippen molar-refractivity contribution < 1.29 is 14.7 Å². The highest BCUT2D eigenvalue weighted by molar-refractivity contribution is 6.16. The predicted octanol–water partition coefficient (Wildman–Crippen LogP) is 3.11. The Morgan fingerprint density at radius 2 is 1.78 bits per heavy atom. The topological polar surface area (TPSA) is 91.0 Å². The summed E-state index contributed by atoms with van der Waals surface area (Å²) >= 11 is 0. The standard InChI is InChI=1S/C29H31N5O3/c1-32-25(17-35)23-14-22(8-9-24(23)31-32)19-2-4-20(5-3-19)26-30-29(11-12-29)28(37)34(26)16-18-10-13-33(15-18)27(36)21-6-7-21/h2-5,8-9,14,18,21,35H,6-7,10-13,15-17H2,1H3/t18-/m1/s1. The second kappa shape index (κ2) is 8.25. The lowest BCUT2D eigenvalue weighted by molar-refractivity contribution is -0.131. The highest BCUT2D eigenvalue weighted by Gasteiger charge is 2.57. The van der Waals surface area contributed by atoms with Crippen LogP contribution in [-0.2, 0) is 23.2 Å². The Balaban J connectivity index is 1.13. The van der Waals surface area contributed by atoms with Crippen LogP contribution < -0.4 is 0 Å². The summed E-state index contributed by atoms with van der Waals surface area (Å²) in [5, 5.41) is 15.2. The van der Waals surface area contributed by atoms with Crippen LogP contribution in [0.25, 0.3) is 22.0 Å². The van der Waals surface area contributed by atoms with E-state index in [0.29, 0.717) is 12.5 Å². The van der Waals surface area contributed by atoms with Gasteiger partial charge in [-0.3, -0.25) is 24.2 Å². The summed E-state index contributed by atoms with van der Waals surface area (Å²) in [6.07, 6.45) is 4.63. The van der Waals surface area contributed by atoms with Crippen molar-refractivity contribution in [1.29, 1.82) is 0 Å². The molecule has 37 heavy (non-hydrogen) atoms. The number of aromatic nitrogens is 2. The molecule has 3 heterocycles. The Morgan fingerprint density at radius 3 is 2.49 bits per heavy atom. The van der Waals surface area contributed by atoms with Gasteiger partial charge in [0, 0.05) is 43.5 Å². The van der Waals surface area contributed by atoms with Crippen LogP contribution in [0, 0.1) is 11.8 Å². The van der Waals surface area contributed by atoms with Crippen molar-refractivity contribution >= 4 is 28.6 Å². The molecule has 1 aromatic heterocycles. The van der Waals surface area contributed by atoms with Crippen molar-refractivity contribution in [2.45, 2.75) is 44.2 Å². The van der Waals surface area contributed by atoms with Gasteiger partial charge in [0.15, 0.2) is 0 Å². The Morgan fingerprint density at radius 1 is 1.05 bits per heavy atom. The van der Waals surface area contributed by atoms with Crippen molar-refractivity contribution in [3.05, 3.63) is 53.7 Å². The van der Waals surface area contributed by atoms with E-state index < -0.39 is 5.54 Å². The molecular formula is C29H31N5O3. The molecule has 0 bridgehead atoms. The van der Waals surface area contributed by atoms with Crippen LogP contribution in [0.1, 0.15) is 43.4 Å². The third-order valence-corrected chi connectivity index (χ3v) is 8.49. The second-order valence-corrected chi connectivity index (χ2v) is 11.1. The predicted molar refractivity (Wildman–Crippen MR) is 140 cm³/mol. The summed E-state index contributed by atoms with van der Waals surface area (Å²) in [7, 11) is 1.84. The molecule has 190 valence electrons. The quantitative estimate of drug-likeness (QED) is 0.567. The summed E-state index contributed by atoms with van der Waals surface area (Å²) in [6.45, 7) is 2.10. The first kappa shape index (κ1) is 22.7. The molecule has 1 spiro atoms. The number of carbonyl (C=O) groups excluding carboxylic acids is 2. The van der Waals surface area contributed by atoms with E-state index in [2.05, 4.69) is 23.3 Å². The van der Waals surface area contributed by atoms with Gasteiger partial charge < -0.3 is 10.0 Å². The monoisotopic (exact) mass is 497 g/mol. The van der Waals surface area contributed by atoms with Crippen LogP contribution in [-0.4, -0.2) is 67.5 Å². The fourth-order valence-electron chi connectivity index (χ4n) is 5.95. The molecule has 1 saturated heterocycles. The third kappa shape index (κ3) is 3.77. The lowest BCUT2D eigenvalue weighted by Gasteiger charge is -2.23. The number of aryl methyl sites for hydroxylation is 1. The van der Waals surface area contributed by atoms with E-state index in [-0.39, 0.29) is 24.3 Å². The van der Waals surface area contributed by atoms with Crippen LogP contribution >= 0.6 is 0 Å². The molecule has 3 fully saturated rings. The first-order valence-corrected chi connectivity index (χ1v) is 13.3. The second-order valence-electron chi connectivity index (χ2n) is 11.1. The maximum atomic E-state index is 13.4. The number of likely N-dealkylation sites (tertiary alicyclic amines) is 1. The molecule has 2 aromatic carbocycles.